The lowest BCUT2D eigenvalue weighted by atomic mass is 9.87. The zero-order valence-corrected chi connectivity index (χ0v) is 88.3. The number of aryl methyl sites for hydroxylation is 8. The lowest BCUT2D eigenvalue weighted by Gasteiger charge is -2.23. The van der Waals surface area contributed by atoms with Crippen LogP contribution in [0.3, 0.4) is 0 Å². The van der Waals surface area contributed by atoms with Gasteiger partial charge in [-0.3, -0.25) is 0 Å². The molecule has 0 saturated heterocycles. The largest absolute Gasteiger partial charge is 0.507 e. The Bertz CT molecular complexity index is 4780. The second-order valence-electron chi connectivity index (χ2n) is 40.4. The number of benzene rings is 8. The molecule has 0 radical (unpaired) electrons. The summed E-state index contributed by atoms with van der Waals surface area (Å²) in [5.74, 6) is 1.88. The molecule has 0 unspecified atom stereocenters. The van der Waals surface area contributed by atoms with Crippen LogP contribution in [-0.2, 0) is 131 Å². The van der Waals surface area contributed by atoms with Crippen molar-refractivity contribution in [2.75, 3.05) is 39.6 Å². The Kier molecular flexibility index (Phi) is 52.8. The number of phenols is 5. The highest BCUT2D eigenvalue weighted by Gasteiger charge is 2.28. The fourth-order valence-electron chi connectivity index (χ4n) is 20.6. The molecule has 5 N–H and O–H groups in total. The number of esters is 3. The van der Waals surface area contributed by atoms with E-state index in [1.54, 1.807) is 0 Å². The Hall–Kier alpha value is -10.2. The van der Waals surface area contributed by atoms with Crippen molar-refractivity contribution in [3.8, 4) is 46.0 Å². The maximum atomic E-state index is 12.7. The minimum Gasteiger partial charge on any atom is -0.507 e. The first-order chi connectivity index (χ1) is 68.8. The molecule has 14 heteroatoms. The highest BCUT2D eigenvalue weighted by molar-refractivity contribution is 5.82. The Morgan fingerprint density at radius 2 is 0.333 bits per heavy atom. The molecule has 0 spiro atoms. The topological polar surface area (TPSA) is 208 Å². The summed E-state index contributed by atoms with van der Waals surface area (Å²) < 4.78 is 36.5. The second-order valence-corrected chi connectivity index (χ2v) is 40.4. The fraction of sp³-hybridized carbons (Fsp3) is 0.551. The van der Waals surface area contributed by atoms with Crippen molar-refractivity contribution >= 4 is 17.9 Å². The van der Waals surface area contributed by atoms with Crippen LogP contribution in [0.25, 0.3) is 0 Å². The summed E-state index contributed by atoms with van der Waals surface area (Å²) in [4.78, 5) is 36.5. The summed E-state index contributed by atoms with van der Waals surface area (Å²) in [7, 11) is 0. The van der Waals surface area contributed by atoms with E-state index in [1.807, 2.05) is 0 Å². The number of hydrogen-bond donors (Lipinski definition) is 5. The summed E-state index contributed by atoms with van der Waals surface area (Å²) in [6.07, 6.45) is 60.7. The van der Waals surface area contributed by atoms with Crippen LogP contribution in [-0.4, -0.2) is 83.1 Å². The lowest BCUT2D eigenvalue weighted by molar-refractivity contribution is -0.139. The third-order valence-corrected chi connectivity index (χ3v) is 28.4. The molecule has 0 aromatic heterocycles. The van der Waals surface area contributed by atoms with Crippen molar-refractivity contribution in [1.29, 1.82) is 0 Å². The van der Waals surface area contributed by atoms with Crippen LogP contribution in [0.4, 0.5) is 0 Å². The molecular weight excluding hydrogens is 1750 g/mol. The molecule has 14 nitrogen and oxygen atoms in total. The van der Waals surface area contributed by atoms with Gasteiger partial charge in [0.05, 0.1) is 0 Å². The highest BCUT2D eigenvalue weighted by Crippen LogP contribution is 2.45. The maximum absolute atomic E-state index is 12.7. The molecule has 8 aromatic carbocycles. The Morgan fingerprint density at radius 1 is 0.206 bits per heavy atom. The predicted octanol–water partition coefficient (Wildman–Crippen LogP) is 31.7. The van der Waals surface area contributed by atoms with Crippen molar-refractivity contribution in [3.05, 3.63) is 269 Å². The van der Waals surface area contributed by atoms with Gasteiger partial charge < -0.3 is 54.0 Å². The molecule has 0 fully saturated rings. The zero-order valence-electron chi connectivity index (χ0n) is 88.3. The SMILES string of the molecule is C=CC(=O)OCCOc1c2cc(CCCCCCC)cc1Cc1cc(CCCCCCC)cc(c1O)Cc1cc(CCCCCCC)cc(c1O)Cc1cc(CCCCCCC)cc(c1O)C2.C=CC(=O)OCCOc1c2cc(CCCCCCC)cc1Cc1cc(CCCCCCC)cc(c1O)Cc1cc(CCCCCCC)cc(c1OCCOC(=O)C=C)Cc1cc(CCCCCCC)cc(c1O)C2. The molecular formula is C127H178O14. The summed E-state index contributed by atoms with van der Waals surface area (Å²) in [6.45, 7) is 29.2. The van der Waals surface area contributed by atoms with Crippen LogP contribution in [0.1, 0.15) is 446 Å². The molecule has 0 aliphatic heterocycles. The predicted molar refractivity (Wildman–Crippen MR) is 582 cm³/mol. The maximum Gasteiger partial charge on any atom is 0.330 e. The van der Waals surface area contributed by atoms with E-state index in [2.05, 4.69) is 172 Å². The number of carbonyl (C=O) groups excluding carboxylic acids is 3. The summed E-state index contributed by atoms with van der Waals surface area (Å²) in [5, 5.41) is 62.5. The van der Waals surface area contributed by atoms with E-state index in [0.29, 0.717) is 68.6 Å². The van der Waals surface area contributed by atoms with Crippen LogP contribution in [0.2, 0.25) is 0 Å². The zero-order chi connectivity index (χ0) is 101. The van der Waals surface area contributed by atoms with Gasteiger partial charge in [0, 0.05) is 69.6 Å². The first kappa shape index (κ1) is 114. The van der Waals surface area contributed by atoms with E-state index in [-0.39, 0.29) is 68.4 Å². The van der Waals surface area contributed by atoms with Crippen LogP contribution in [0.5, 0.6) is 46.0 Å². The second kappa shape index (κ2) is 65.1. The lowest BCUT2D eigenvalue weighted by Crippen LogP contribution is -2.14. The van der Waals surface area contributed by atoms with Crippen molar-refractivity contribution in [1.82, 2.24) is 0 Å². The first-order valence-electron chi connectivity index (χ1n) is 55.7. The molecule has 0 saturated carbocycles. The average molecular weight is 1930 g/mol. The van der Waals surface area contributed by atoms with E-state index in [4.69, 9.17) is 28.4 Å². The van der Waals surface area contributed by atoms with Gasteiger partial charge in [-0.1, -0.05) is 378 Å². The Balaban J connectivity index is 0.000000316. The van der Waals surface area contributed by atoms with Gasteiger partial charge >= 0.3 is 17.9 Å². The normalized spacial score (nSPS) is 12.2. The molecule has 770 valence electrons. The van der Waals surface area contributed by atoms with Crippen molar-refractivity contribution in [3.63, 3.8) is 0 Å². The third-order valence-electron chi connectivity index (χ3n) is 28.4. The number of fused-ring (bicyclic) bond motifs is 16. The molecule has 0 heterocycles. The molecule has 10 rings (SSSR count). The van der Waals surface area contributed by atoms with Crippen molar-refractivity contribution in [2.45, 2.75) is 415 Å². The van der Waals surface area contributed by atoms with E-state index < -0.39 is 17.9 Å². The number of phenolic OH excluding ortho intramolecular Hbond substituents is 5. The quantitative estimate of drug-likeness (QED) is 0.0104. The summed E-state index contributed by atoms with van der Waals surface area (Å²) >= 11 is 0. The third kappa shape index (κ3) is 39.1. The van der Waals surface area contributed by atoms with Gasteiger partial charge in [-0.25, -0.2) is 14.4 Å². The van der Waals surface area contributed by atoms with Crippen molar-refractivity contribution < 1.29 is 68.3 Å². The summed E-state index contributed by atoms with van der Waals surface area (Å²) in [5.41, 5.74) is 23.5. The van der Waals surface area contributed by atoms with Crippen LogP contribution in [0.15, 0.2) is 135 Å². The highest BCUT2D eigenvalue weighted by atomic mass is 16.6. The van der Waals surface area contributed by atoms with Crippen LogP contribution >= 0.6 is 0 Å². The number of aromatic hydroxyl groups is 5. The molecule has 16 bridgehead atoms. The first-order valence-corrected chi connectivity index (χ1v) is 55.7. The van der Waals surface area contributed by atoms with Crippen molar-refractivity contribution in [2.24, 2.45) is 0 Å². The molecule has 0 amide bonds. The Labute approximate surface area is 850 Å². The standard InChI is InChI=1S/C66H92O8.C61H86O6/c1-7-13-17-21-25-29-49-37-53-45-57-41-51(31-27-23-19-15-9-3)43-59(65(57)73-35-33-71-61(67)11-5)47-55-39-50(30-26-22-18-14-8-2)40-56(64(55)70)48-60-44-52(32-28-24-20-16-10-4)42-58(46-54(38-49)63(53)69)66(60)74-36-34-72-62(68)12-6;1-6-11-15-19-23-27-45-33-49-41-51-35-46(28-24-20-16-12-7-2)37-53(59(51)64)43-55-39-48(30-26-22-18-14-9-4)40-56(61(55)67-32-31-66-57(62)10-5)44-54-38-47(29-25-21-17-13-8-3)36-52(60(54)65)42-50(34-45)58(49)63/h11-12,37-44,69-70H,5-10,13-36,45-48H2,1-4H3;10,33-40,63-65H,5-9,11-32,41-44H2,1-4H3. The minimum atomic E-state index is -0.504. The van der Waals surface area contributed by atoms with Gasteiger partial charge in [-0.05, 0) is 236 Å². The monoisotopic (exact) mass is 1930 g/mol. The summed E-state index contributed by atoms with van der Waals surface area (Å²) in [6, 6.07) is 35.4. The fourth-order valence-corrected chi connectivity index (χ4v) is 20.6. The number of unbranched alkanes of at least 4 members (excludes halogenated alkanes) is 32. The molecule has 2 aliphatic carbocycles. The smallest absolute Gasteiger partial charge is 0.330 e. The molecule has 8 aromatic rings. The van der Waals surface area contributed by atoms with Gasteiger partial charge in [0.25, 0.3) is 0 Å². The van der Waals surface area contributed by atoms with Crippen LogP contribution < -0.4 is 14.2 Å². The van der Waals surface area contributed by atoms with Gasteiger partial charge in [-0.15, -0.1) is 0 Å². The van der Waals surface area contributed by atoms with E-state index in [1.165, 1.54) is 211 Å². The molecule has 2 aliphatic rings. The van der Waals surface area contributed by atoms with Gasteiger partial charge in [-0.2, -0.15) is 0 Å². The number of ether oxygens (including phenoxy) is 6. The number of hydrogen-bond acceptors (Lipinski definition) is 14. The molecule has 0 atom stereocenters. The van der Waals surface area contributed by atoms with E-state index >= 15 is 0 Å². The molecule has 141 heavy (non-hydrogen) atoms. The average Bonchev–Trinajstić information content (AvgIpc) is 0.777. The van der Waals surface area contributed by atoms with E-state index in [9.17, 15) is 39.9 Å². The minimum absolute atomic E-state index is 0.0499. The van der Waals surface area contributed by atoms with Gasteiger partial charge in [0.15, 0.2) is 0 Å². The van der Waals surface area contributed by atoms with Crippen LogP contribution in [0, 0.1) is 0 Å². The van der Waals surface area contributed by atoms with Gasteiger partial charge in [0.1, 0.15) is 85.6 Å². The number of rotatable bonds is 63. The van der Waals surface area contributed by atoms with Gasteiger partial charge in [0.2, 0.25) is 0 Å². The Morgan fingerprint density at radius 3 is 0.468 bits per heavy atom. The van der Waals surface area contributed by atoms with E-state index in [0.717, 1.165) is 249 Å². The number of carbonyl (C=O) groups is 3.